The van der Waals surface area contributed by atoms with E-state index < -0.39 is 23.2 Å². The van der Waals surface area contributed by atoms with E-state index in [2.05, 4.69) is 15.0 Å². The highest BCUT2D eigenvalue weighted by molar-refractivity contribution is 7.10. The van der Waals surface area contributed by atoms with E-state index in [-0.39, 0.29) is 11.3 Å². The highest BCUT2D eigenvalue weighted by atomic mass is 32.1. The summed E-state index contributed by atoms with van der Waals surface area (Å²) in [7, 11) is 0. The third-order valence-electron chi connectivity index (χ3n) is 3.85. The first-order valence-electron chi connectivity index (χ1n) is 7.22. The van der Waals surface area contributed by atoms with Gasteiger partial charge in [-0.1, -0.05) is 0 Å². The average molecular weight is 349 g/mol. The number of carbonyl (C=O) groups is 2. The van der Waals surface area contributed by atoms with E-state index in [9.17, 15) is 14.0 Å². The SMILES string of the molecule is Cc1cc(Nc2cc(NC3(C(N)=O)CC3)c(F)cc2C(N)=O)sn1. The van der Waals surface area contributed by atoms with Gasteiger partial charge in [-0.2, -0.15) is 4.37 Å². The van der Waals surface area contributed by atoms with Crippen LogP contribution in [0.2, 0.25) is 0 Å². The van der Waals surface area contributed by atoms with Crippen molar-refractivity contribution in [2.24, 2.45) is 11.5 Å². The summed E-state index contributed by atoms with van der Waals surface area (Å²) in [6.45, 7) is 1.83. The number of aromatic nitrogens is 1. The molecule has 0 atom stereocenters. The molecule has 0 saturated heterocycles. The lowest BCUT2D eigenvalue weighted by atomic mass is 10.1. The van der Waals surface area contributed by atoms with Crippen LogP contribution in [0.25, 0.3) is 0 Å². The van der Waals surface area contributed by atoms with E-state index in [0.717, 1.165) is 11.8 Å². The van der Waals surface area contributed by atoms with Crippen LogP contribution in [-0.2, 0) is 4.79 Å². The second-order valence-electron chi connectivity index (χ2n) is 5.77. The van der Waals surface area contributed by atoms with E-state index in [0.29, 0.717) is 23.5 Å². The minimum absolute atomic E-state index is 0.00743. The summed E-state index contributed by atoms with van der Waals surface area (Å²) in [6.07, 6.45) is 1.08. The van der Waals surface area contributed by atoms with Gasteiger partial charge in [0.2, 0.25) is 5.91 Å². The third-order valence-corrected chi connectivity index (χ3v) is 4.65. The minimum atomic E-state index is -0.923. The molecule has 24 heavy (non-hydrogen) atoms. The van der Waals surface area contributed by atoms with Gasteiger partial charge < -0.3 is 22.1 Å². The lowest BCUT2D eigenvalue weighted by Gasteiger charge is -2.18. The maximum absolute atomic E-state index is 14.3. The monoisotopic (exact) mass is 349 g/mol. The van der Waals surface area contributed by atoms with Crippen molar-refractivity contribution in [2.45, 2.75) is 25.3 Å². The van der Waals surface area contributed by atoms with Crippen LogP contribution in [0, 0.1) is 12.7 Å². The van der Waals surface area contributed by atoms with Crippen molar-refractivity contribution in [3.8, 4) is 0 Å². The molecule has 1 saturated carbocycles. The summed E-state index contributed by atoms with van der Waals surface area (Å²) in [5.41, 5.74) is 11.0. The van der Waals surface area contributed by atoms with E-state index in [4.69, 9.17) is 11.5 Å². The van der Waals surface area contributed by atoms with Gasteiger partial charge in [-0.05, 0) is 49.5 Å². The van der Waals surface area contributed by atoms with Crippen LogP contribution in [0.15, 0.2) is 18.2 Å². The fraction of sp³-hybridized carbons (Fsp3) is 0.267. The van der Waals surface area contributed by atoms with Crippen molar-refractivity contribution in [3.63, 3.8) is 0 Å². The molecule has 0 bridgehead atoms. The Bertz CT molecular complexity index is 831. The summed E-state index contributed by atoms with van der Waals surface area (Å²) in [6, 6.07) is 4.24. The van der Waals surface area contributed by atoms with Crippen molar-refractivity contribution in [3.05, 3.63) is 35.3 Å². The Labute approximate surface area is 141 Å². The van der Waals surface area contributed by atoms with Gasteiger partial charge >= 0.3 is 0 Å². The molecule has 1 heterocycles. The number of amides is 2. The van der Waals surface area contributed by atoms with Gasteiger partial charge in [-0.25, -0.2) is 4.39 Å². The number of hydrogen-bond donors (Lipinski definition) is 4. The predicted octanol–water partition coefficient (Wildman–Crippen LogP) is 1.86. The second-order valence-corrected chi connectivity index (χ2v) is 6.58. The van der Waals surface area contributed by atoms with Gasteiger partial charge in [-0.15, -0.1) is 0 Å². The number of aryl methyl sites for hydroxylation is 1. The number of nitrogens with zero attached hydrogens (tertiary/aromatic N) is 1. The van der Waals surface area contributed by atoms with Crippen LogP contribution in [0.4, 0.5) is 20.8 Å². The Hall–Kier alpha value is -2.68. The van der Waals surface area contributed by atoms with E-state index in [1.807, 2.05) is 6.92 Å². The molecule has 0 aliphatic heterocycles. The van der Waals surface area contributed by atoms with Crippen LogP contribution in [0.3, 0.4) is 0 Å². The number of nitrogens with one attached hydrogen (secondary N) is 2. The van der Waals surface area contributed by atoms with Gasteiger partial charge in [0.05, 0.1) is 22.6 Å². The summed E-state index contributed by atoms with van der Waals surface area (Å²) >= 11 is 1.20. The van der Waals surface area contributed by atoms with Gasteiger partial charge in [-0.3, -0.25) is 9.59 Å². The molecule has 1 aromatic heterocycles. The topological polar surface area (TPSA) is 123 Å². The molecule has 1 aliphatic carbocycles. The molecule has 126 valence electrons. The van der Waals surface area contributed by atoms with Crippen LogP contribution >= 0.6 is 11.5 Å². The highest BCUT2D eigenvalue weighted by Gasteiger charge is 2.49. The van der Waals surface area contributed by atoms with Crippen molar-refractivity contribution in [1.29, 1.82) is 0 Å². The normalized spacial score (nSPS) is 14.9. The maximum Gasteiger partial charge on any atom is 0.250 e. The zero-order valence-electron chi connectivity index (χ0n) is 12.9. The number of hydrogen-bond acceptors (Lipinski definition) is 6. The van der Waals surface area contributed by atoms with Crippen molar-refractivity contribution in [1.82, 2.24) is 4.37 Å². The van der Waals surface area contributed by atoms with E-state index in [1.54, 1.807) is 6.07 Å². The summed E-state index contributed by atoms with van der Waals surface area (Å²) in [5, 5.41) is 6.53. The first-order chi connectivity index (χ1) is 11.3. The molecule has 0 unspecified atom stereocenters. The zero-order chi connectivity index (χ0) is 17.5. The third kappa shape index (κ3) is 3.02. The molecule has 0 spiro atoms. The molecule has 3 rings (SSSR count). The quantitative estimate of drug-likeness (QED) is 0.634. The van der Waals surface area contributed by atoms with E-state index >= 15 is 0 Å². The van der Waals surface area contributed by atoms with Gasteiger partial charge in [0, 0.05) is 0 Å². The maximum atomic E-state index is 14.3. The molecule has 2 amide bonds. The smallest absolute Gasteiger partial charge is 0.250 e. The Morgan fingerprint density at radius 2 is 1.96 bits per heavy atom. The Kier molecular flexibility index (Phi) is 3.88. The Balaban J connectivity index is 1.97. The molecule has 7 nitrogen and oxygen atoms in total. The molecule has 6 N–H and O–H groups in total. The molecule has 2 aromatic rings. The Morgan fingerprint density at radius 3 is 2.46 bits per heavy atom. The van der Waals surface area contributed by atoms with Crippen molar-refractivity contribution >= 4 is 39.7 Å². The fourth-order valence-electron chi connectivity index (χ4n) is 2.35. The number of anilines is 3. The van der Waals surface area contributed by atoms with Gasteiger partial charge in [0.25, 0.3) is 5.91 Å². The standard InChI is InChI=1S/C15H16FN5O2S/c1-7-4-12(24-21-7)19-10-6-11(9(16)5-8(10)13(17)22)20-15(2-3-15)14(18)23/h4-6,19-20H,2-3H2,1H3,(H2,17,22)(H2,18,23). The van der Waals surface area contributed by atoms with Crippen LogP contribution in [-0.4, -0.2) is 21.7 Å². The predicted molar refractivity (Wildman–Crippen MR) is 89.8 cm³/mol. The summed E-state index contributed by atoms with van der Waals surface area (Å²) in [4.78, 5) is 23.1. The van der Waals surface area contributed by atoms with Gasteiger partial charge in [0.1, 0.15) is 16.4 Å². The molecule has 9 heteroatoms. The highest BCUT2D eigenvalue weighted by Crippen LogP contribution is 2.40. The average Bonchev–Trinajstić information content (AvgIpc) is 3.18. The van der Waals surface area contributed by atoms with E-state index in [1.165, 1.54) is 17.6 Å². The van der Waals surface area contributed by atoms with Crippen molar-refractivity contribution < 1.29 is 14.0 Å². The van der Waals surface area contributed by atoms with Crippen LogP contribution < -0.4 is 22.1 Å². The minimum Gasteiger partial charge on any atom is -0.369 e. The number of nitrogens with two attached hydrogens (primary N) is 2. The largest absolute Gasteiger partial charge is 0.369 e. The molecule has 1 aliphatic rings. The zero-order valence-corrected chi connectivity index (χ0v) is 13.7. The first-order valence-corrected chi connectivity index (χ1v) is 8.00. The molecule has 1 aromatic carbocycles. The second kappa shape index (κ2) is 5.75. The van der Waals surface area contributed by atoms with Crippen LogP contribution in [0.1, 0.15) is 28.9 Å². The summed E-state index contributed by atoms with van der Waals surface area (Å²) < 4.78 is 18.4. The number of rotatable bonds is 6. The molecule has 0 radical (unpaired) electrons. The molecular formula is C15H16FN5O2S. The first kappa shape index (κ1) is 16.2. The Morgan fingerprint density at radius 1 is 1.25 bits per heavy atom. The number of carbonyl (C=O) groups excluding carboxylic acids is 2. The number of primary amides is 2. The number of halogens is 1. The number of benzene rings is 1. The lowest BCUT2D eigenvalue weighted by molar-refractivity contribution is -0.119. The molecular weight excluding hydrogens is 333 g/mol. The fourth-order valence-corrected chi connectivity index (χ4v) is 3.02. The molecule has 1 fully saturated rings. The summed E-state index contributed by atoms with van der Waals surface area (Å²) in [5.74, 6) is -1.98. The van der Waals surface area contributed by atoms with Crippen LogP contribution in [0.5, 0.6) is 0 Å². The van der Waals surface area contributed by atoms with Gasteiger partial charge in [0.15, 0.2) is 0 Å². The lowest BCUT2D eigenvalue weighted by Crippen LogP contribution is -2.38. The van der Waals surface area contributed by atoms with Crippen molar-refractivity contribution in [2.75, 3.05) is 10.6 Å².